The minimum Gasteiger partial charge on any atom is -0.497 e. The smallest absolute Gasteiger partial charge is 0.245 e. The fraction of sp³-hybridized carbons (Fsp3) is 0.316. The summed E-state index contributed by atoms with van der Waals surface area (Å²) in [6.07, 6.45) is 1.04. The first-order valence-electron chi connectivity index (χ1n) is 8.23. The molecule has 146 valence electrons. The highest BCUT2D eigenvalue weighted by Crippen LogP contribution is 2.33. The van der Waals surface area contributed by atoms with Crippen LogP contribution in [0.1, 0.15) is 11.1 Å². The molecule has 7 nitrogen and oxygen atoms in total. The number of nitrogens with zero attached hydrogens (tertiary/aromatic N) is 1. The Hall–Kier alpha value is -2.74. The lowest BCUT2D eigenvalue weighted by atomic mass is 10.1. The third kappa shape index (κ3) is 4.91. The number of para-hydroxylation sites is 1. The maximum atomic E-state index is 12.6. The number of hydrogen-bond donors (Lipinski definition) is 1. The van der Waals surface area contributed by atoms with Crippen molar-refractivity contribution in [3.05, 3.63) is 47.5 Å². The van der Waals surface area contributed by atoms with Gasteiger partial charge in [-0.05, 0) is 37.1 Å². The van der Waals surface area contributed by atoms with Crippen molar-refractivity contribution in [1.82, 2.24) is 0 Å². The molecule has 2 rings (SSSR count). The molecule has 0 saturated carbocycles. The molecule has 0 spiro atoms. The highest BCUT2D eigenvalue weighted by atomic mass is 32.2. The second kappa shape index (κ2) is 8.30. The summed E-state index contributed by atoms with van der Waals surface area (Å²) in [7, 11) is -0.837. The van der Waals surface area contributed by atoms with Gasteiger partial charge >= 0.3 is 0 Å². The summed E-state index contributed by atoms with van der Waals surface area (Å²) in [5, 5.41) is 2.80. The minimum atomic E-state index is -3.75. The van der Waals surface area contributed by atoms with Gasteiger partial charge in [0, 0.05) is 11.8 Å². The van der Waals surface area contributed by atoms with E-state index >= 15 is 0 Å². The van der Waals surface area contributed by atoms with Crippen molar-refractivity contribution in [3.63, 3.8) is 0 Å². The van der Waals surface area contributed by atoms with Crippen LogP contribution in [-0.2, 0) is 14.8 Å². The van der Waals surface area contributed by atoms with Crippen LogP contribution in [0.15, 0.2) is 36.4 Å². The zero-order valence-electron chi connectivity index (χ0n) is 16.1. The van der Waals surface area contributed by atoms with Crippen LogP contribution < -0.4 is 19.1 Å². The number of benzene rings is 2. The lowest BCUT2D eigenvalue weighted by Crippen LogP contribution is -2.37. The third-order valence-electron chi connectivity index (χ3n) is 4.09. The predicted octanol–water partition coefficient (Wildman–Crippen LogP) is 2.73. The second-order valence-corrected chi connectivity index (χ2v) is 8.03. The molecule has 2 aromatic rings. The Bertz CT molecular complexity index is 921. The van der Waals surface area contributed by atoms with Gasteiger partial charge in [0.15, 0.2) is 0 Å². The molecule has 0 bridgehead atoms. The van der Waals surface area contributed by atoms with Crippen LogP contribution in [0.25, 0.3) is 0 Å². The van der Waals surface area contributed by atoms with E-state index in [4.69, 9.17) is 9.47 Å². The van der Waals surface area contributed by atoms with Gasteiger partial charge in [0.25, 0.3) is 0 Å². The molecule has 27 heavy (non-hydrogen) atoms. The highest BCUT2D eigenvalue weighted by molar-refractivity contribution is 7.92. The quantitative estimate of drug-likeness (QED) is 0.783. The standard InChI is InChI=1S/C19H24N2O5S/c1-13-7-6-8-14(2)19(13)20-18(22)12-21(27(5,23)24)16-11-15(25-3)9-10-17(16)26-4/h6-11H,12H2,1-5H3,(H,20,22). The average Bonchev–Trinajstić information content (AvgIpc) is 2.61. The van der Waals surface area contributed by atoms with Crippen molar-refractivity contribution < 1.29 is 22.7 Å². The Balaban J connectivity index is 2.38. The van der Waals surface area contributed by atoms with Crippen LogP contribution >= 0.6 is 0 Å². The van der Waals surface area contributed by atoms with Gasteiger partial charge in [-0.15, -0.1) is 0 Å². The van der Waals surface area contributed by atoms with Gasteiger partial charge < -0.3 is 14.8 Å². The normalized spacial score (nSPS) is 11.0. The van der Waals surface area contributed by atoms with Crippen LogP contribution in [0.4, 0.5) is 11.4 Å². The van der Waals surface area contributed by atoms with Crippen molar-refractivity contribution in [2.75, 3.05) is 36.6 Å². The maximum absolute atomic E-state index is 12.6. The summed E-state index contributed by atoms with van der Waals surface area (Å²) in [5.74, 6) is 0.318. The third-order valence-corrected chi connectivity index (χ3v) is 5.21. The number of methoxy groups -OCH3 is 2. The lowest BCUT2D eigenvalue weighted by molar-refractivity contribution is -0.114. The first kappa shape index (κ1) is 20.6. The van der Waals surface area contributed by atoms with E-state index in [-0.39, 0.29) is 5.69 Å². The molecule has 1 amide bonds. The monoisotopic (exact) mass is 392 g/mol. The van der Waals surface area contributed by atoms with Gasteiger partial charge in [0.05, 0.1) is 26.2 Å². The first-order chi connectivity index (χ1) is 12.7. The van der Waals surface area contributed by atoms with Gasteiger partial charge in [0.2, 0.25) is 15.9 Å². The molecule has 0 radical (unpaired) electrons. The molecular weight excluding hydrogens is 368 g/mol. The summed E-state index contributed by atoms with van der Waals surface area (Å²) in [4.78, 5) is 12.6. The molecule has 0 atom stereocenters. The molecule has 0 aromatic heterocycles. The predicted molar refractivity (Wildman–Crippen MR) is 106 cm³/mol. The maximum Gasteiger partial charge on any atom is 0.245 e. The molecule has 0 saturated heterocycles. The molecular formula is C19H24N2O5S. The van der Waals surface area contributed by atoms with Crippen LogP contribution in [0.5, 0.6) is 11.5 Å². The molecule has 0 fully saturated rings. The number of anilines is 2. The van der Waals surface area contributed by atoms with Crippen molar-refractivity contribution in [2.24, 2.45) is 0 Å². The molecule has 0 aliphatic heterocycles. The van der Waals surface area contributed by atoms with Crippen molar-refractivity contribution in [2.45, 2.75) is 13.8 Å². The van der Waals surface area contributed by atoms with Crippen LogP contribution in [0, 0.1) is 13.8 Å². The van der Waals surface area contributed by atoms with Crippen molar-refractivity contribution in [1.29, 1.82) is 0 Å². The highest BCUT2D eigenvalue weighted by Gasteiger charge is 2.25. The zero-order chi connectivity index (χ0) is 20.2. The molecule has 0 heterocycles. The summed E-state index contributed by atoms with van der Waals surface area (Å²) in [6.45, 7) is 3.36. The largest absolute Gasteiger partial charge is 0.497 e. The van der Waals surface area contributed by atoms with Crippen molar-refractivity contribution >= 4 is 27.3 Å². The molecule has 1 N–H and O–H groups in total. The molecule has 0 aliphatic carbocycles. The number of rotatable bonds is 7. The summed E-state index contributed by atoms with van der Waals surface area (Å²) >= 11 is 0. The average molecular weight is 392 g/mol. The van der Waals surface area contributed by atoms with E-state index in [2.05, 4.69) is 5.32 Å². The molecule has 0 aliphatic rings. The van der Waals surface area contributed by atoms with E-state index in [1.54, 1.807) is 12.1 Å². The van der Waals surface area contributed by atoms with Gasteiger partial charge in [-0.1, -0.05) is 18.2 Å². The molecule has 0 unspecified atom stereocenters. The molecule has 8 heteroatoms. The Morgan fingerprint density at radius 1 is 1.07 bits per heavy atom. The van der Waals surface area contributed by atoms with Crippen LogP contribution in [-0.4, -0.2) is 41.3 Å². The van der Waals surface area contributed by atoms with E-state index in [9.17, 15) is 13.2 Å². The lowest BCUT2D eigenvalue weighted by Gasteiger charge is -2.24. The van der Waals surface area contributed by atoms with Gasteiger partial charge in [-0.25, -0.2) is 8.42 Å². The number of carbonyl (C=O) groups is 1. The fourth-order valence-corrected chi connectivity index (χ4v) is 3.55. The Morgan fingerprint density at radius 2 is 1.70 bits per heavy atom. The fourth-order valence-electron chi connectivity index (χ4n) is 2.69. The van der Waals surface area contributed by atoms with Crippen LogP contribution in [0.3, 0.4) is 0 Å². The number of nitrogens with one attached hydrogen (secondary N) is 1. The summed E-state index contributed by atoms with van der Waals surface area (Å²) in [5.41, 5.74) is 2.70. The number of hydrogen-bond acceptors (Lipinski definition) is 5. The van der Waals surface area contributed by atoms with E-state index in [0.29, 0.717) is 17.2 Å². The number of ether oxygens (including phenoxy) is 2. The topological polar surface area (TPSA) is 84.9 Å². The summed E-state index contributed by atoms with van der Waals surface area (Å²) in [6, 6.07) is 10.4. The number of carbonyl (C=O) groups excluding carboxylic acids is 1. The number of sulfonamides is 1. The minimum absolute atomic E-state index is 0.232. The van der Waals surface area contributed by atoms with Crippen LogP contribution in [0.2, 0.25) is 0 Å². The summed E-state index contributed by atoms with van der Waals surface area (Å²) < 4.78 is 36.2. The Morgan fingerprint density at radius 3 is 2.22 bits per heavy atom. The zero-order valence-corrected chi connectivity index (χ0v) is 16.9. The number of amides is 1. The number of aryl methyl sites for hydroxylation is 2. The van der Waals surface area contributed by atoms with E-state index in [1.807, 2.05) is 32.0 Å². The Labute approximate surface area is 160 Å². The second-order valence-electron chi connectivity index (χ2n) is 6.12. The van der Waals surface area contributed by atoms with Gasteiger partial charge in [-0.2, -0.15) is 0 Å². The van der Waals surface area contributed by atoms with Gasteiger partial charge in [-0.3, -0.25) is 9.10 Å². The van der Waals surface area contributed by atoms with E-state index in [1.165, 1.54) is 20.3 Å². The van der Waals surface area contributed by atoms with Gasteiger partial charge in [0.1, 0.15) is 18.0 Å². The van der Waals surface area contributed by atoms with E-state index < -0.39 is 22.5 Å². The molecule has 2 aromatic carbocycles. The first-order valence-corrected chi connectivity index (χ1v) is 10.1. The Kier molecular flexibility index (Phi) is 6.32. The SMILES string of the molecule is COc1ccc(OC)c(N(CC(=O)Nc2c(C)cccc2C)S(C)(=O)=O)c1. The van der Waals surface area contributed by atoms with Crippen molar-refractivity contribution in [3.8, 4) is 11.5 Å². The van der Waals surface area contributed by atoms with E-state index in [0.717, 1.165) is 21.7 Å².